The van der Waals surface area contributed by atoms with Crippen LogP contribution in [0.2, 0.25) is 5.02 Å². The molecule has 1 aliphatic heterocycles. The van der Waals surface area contributed by atoms with Crippen LogP contribution in [0.5, 0.6) is 0 Å². The van der Waals surface area contributed by atoms with Crippen LogP contribution in [0.4, 0.5) is 0 Å². The Hall–Kier alpha value is -0.600. The van der Waals surface area contributed by atoms with E-state index in [-0.39, 0.29) is 0 Å². The lowest BCUT2D eigenvalue weighted by Crippen LogP contribution is -2.45. The maximum atomic E-state index is 8.65. The summed E-state index contributed by atoms with van der Waals surface area (Å²) >= 11 is 9.63. The highest BCUT2D eigenvalue weighted by Gasteiger charge is 2.17. The van der Waals surface area contributed by atoms with Gasteiger partial charge in [0.15, 0.2) is 0 Å². The molecule has 0 unspecified atom stereocenters. The highest BCUT2D eigenvalue weighted by Crippen LogP contribution is 2.22. The molecule has 1 aromatic rings. The van der Waals surface area contributed by atoms with E-state index in [4.69, 9.17) is 16.9 Å². The predicted octanol–water partition coefficient (Wildman–Crippen LogP) is 2.74. The molecule has 0 spiro atoms. The van der Waals surface area contributed by atoms with Crippen LogP contribution >= 0.6 is 27.5 Å². The molecule has 96 valence electrons. The van der Waals surface area contributed by atoms with Gasteiger partial charge in [-0.3, -0.25) is 9.80 Å². The lowest BCUT2D eigenvalue weighted by Gasteiger charge is -2.33. The van der Waals surface area contributed by atoms with Crippen molar-refractivity contribution in [1.82, 2.24) is 9.80 Å². The van der Waals surface area contributed by atoms with E-state index in [2.05, 4.69) is 37.9 Å². The standard InChI is InChI=1S/C13H15BrClN3/c14-12-2-1-11(13(15)9-12)10-18-7-5-17(4-3-16)6-8-18/h1-2,9H,4-8,10H2. The molecule has 3 nitrogen and oxygen atoms in total. The van der Waals surface area contributed by atoms with E-state index in [0.717, 1.165) is 47.8 Å². The Balaban J connectivity index is 1.90. The average Bonchev–Trinajstić information content (AvgIpc) is 2.35. The van der Waals surface area contributed by atoms with Crippen molar-refractivity contribution < 1.29 is 0 Å². The summed E-state index contributed by atoms with van der Waals surface area (Å²) in [7, 11) is 0. The first kappa shape index (κ1) is 13.8. The van der Waals surface area contributed by atoms with E-state index in [1.807, 2.05) is 12.1 Å². The van der Waals surface area contributed by atoms with Crippen molar-refractivity contribution in [3.8, 4) is 6.07 Å². The zero-order chi connectivity index (χ0) is 13.0. The van der Waals surface area contributed by atoms with Gasteiger partial charge in [-0.15, -0.1) is 0 Å². The molecule has 1 heterocycles. The minimum atomic E-state index is 0.535. The second-order valence-electron chi connectivity index (χ2n) is 4.45. The number of rotatable bonds is 3. The van der Waals surface area contributed by atoms with Crippen LogP contribution in [0.15, 0.2) is 22.7 Å². The van der Waals surface area contributed by atoms with Crippen LogP contribution in [-0.2, 0) is 6.54 Å². The maximum Gasteiger partial charge on any atom is 0.0866 e. The van der Waals surface area contributed by atoms with Gasteiger partial charge in [-0.05, 0) is 17.7 Å². The van der Waals surface area contributed by atoms with Gasteiger partial charge in [0.05, 0.1) is 12.6 Å². The third-order valence-electron chi connectivity index (χ3n) is 3.17. The largest absolute Gasteiger partial charge is 0.296 e. The molecule has 5 heteroatoms. The van der Waals surface area contributed by atoms with Gasteiger partial charge in [0.2, 0.25) is 0 Å². The Morgan fingerprint density at radius 1 is 1.22 bits per heavy atom. The SMILES string of the molecule is N#CCN1CCN(Cc2ccc(Br)cc2Cl)CC1. The molecule has 1 fully saturated rings. The molecular formula is C13H15BrClN3. The zero-order valence-corrected chi connectivity index (χ0v) is 12.4. The van der Waals surface area contributed by atoms with Crippen molar-refractivity contribution in [3.05, 3.63) is 33.3 Å². The van der Waals surface area contributed by atoms with Gasteiger partial charge in [-0.25, -0.2) is 0 Å². The number of nitrogens with zero attached hydrogens (tertiary/aromatic N) is 3. The second-order valence-corrected chi connectivity index (χ2v) is 5.77. The topological polar surface area (TPSA) is 30.3 Å². The molecule has 1 saturated heterocycles. The summed E-state index contributed by atoms with van der Waals surface area (Å²) in [5, 5.41) is 9.46. The minimum absolute atomic E-state index is 0.535. The van der Waals surface area contributed by atoms with Crippen LogP contribution in [0, 0.1) is 11.3 Å². The van der Waals surface area contributed by atoms with Crippen molar-refractivity contribution in [3.63, 3.8) is 0 Å². The molecular weight excluding hydrogens is 314 g/mol. The van der Waals surface area contributed by atoms with Gasteiger partial charge in [-0.2, -0.15) is 5.26 Å². The summed E-state index contributed by atoms with van der Waals surface area (Å²) in [6.07, 6.45) is 0. The molecule has 2 rings (SSSR count). The number of nitriles is 1. The highest BCUT2D eigenvalue weighted by atomic mass is 79.9. The molecule has 1 aliphatic rings. The first-order valence-corrected chi connectivity index (χ1v) is 7.12. The summed E-state index contributed by atoms with van der Waals surface area (Å²) in [5.41, 5.74) is 1.16. The molecule has 0 atom stereocenters. The first-order chi connectivity index (χ1) is 8.69. The minimum Gasteiger partial charge on any atom is -0.296 e. The van der Waals surface area contributed by atoms with E-state index in [1.54, 1.807) is 0 Å². The Labute approximate surface area is 121 Å². The first-order valence-electron chi connectivity index (χ1n) is 5.94. The quantitative estimate of drug-likeness (QED) is 0.799. The van der Waals surface area contributed by atoms with Crippen LogP contribution in [-0.4, -0.2) is 42.5 Å². The fourth-order valence-electron chi connectivity index (χ4n) is 2.10. The van der Waals surface area contributed by atoms with E-state index in [0.29, 0.717) is 6.54 Å². The zero-order valence-electron chi connectivity index (χ0n) is 10.1. The summed E-state index contributed by atoms with van der Waals surface area (Å²) in [5.74, 6) is 0. The smallest absolute Gasteiger partial charge is 0.0866 e. The van der Waals surface area contributed by atoms with Crippen LogP contribution in [0.1, 0.15) is 5.56 Å². The Morgan fingerprint density at radius 3 is 2.50 bits per heavy atom. The van der Waals surface area contributed by atoms with E-state index >= 15 is 0 Å². The van der Waals surface area contributed by atoms with E-state index < -0.39 is 0 Å². The van der Waals surface area contributed by atoms with Gasteiger partial charge in [0.25, 0.3) is 0 Å². The van der Waals surface area contributed by atoms with Crippen LogP contribution in [0.3, 0.4) is 0 Å². The third-order valence-corrected chi connectivity index (χ3v) is 4.01. The van der Waals surface area contributed by atoms with Crippen LogP contribution < -0.4 is 0 Å². The number of benzene rings is 1. The van der Waals surface area contributed by atoms with Crippen molar-refractivity contribution >= 4 is 27.5 Å². The molecule has 0 bridgehead atoms. The Bertz CT molecular complexity index is 450. The molecule has 18 heavy (non-hydrogen) atoms. The Kier molecular flexibility index (Phi) is 5.02. The molecule has 0 amide bonds. The molecule has 0 N–H and O–H groups in total. The Morgan fingerprint density at radius 2 is 1.89 bits per heavy atom. The molecule has 1 aromatic carbocycles. The van der Waals surface area contributed by atoms with Crippen molar-refractivity contribution in [2.24, 2.45) is 0 Å². The average molecular weight is 329 g/mol. The fraction of sp³-hybridized carbons (Fsp3) is 0.462. The van der Waals surface area contributed by atoms with E-state index in [9.17, 15) is 0 Å². The van der Waals surface area contributed by atoms with Gasteiger partial charge in [-0.1, -0.05) is 33.6 Å². The summed E-state index contributed by atoms with van der Waals surface area (Å²) in [4.78, 5) is 4.56. The monoisotopic (exact) mass is 327 g/mol. The number of piperazine rings is 1. The number of halogens is 2. The van der Waals surface area contributed by atoms with Gasteiger partial charge in [0.1, 0.15) is 0 Å². The van der Waals surface area contributed by atoms with Crippen molar-refractivity contribution in [1.29, 1.82) is 5.26 Å². The van der Waals surface area contributed by atoms with Gasteiger partial charge < -0.3 is 0 Å². The summed E-state index contributed by atoms with van der Waals surface area (Å²) in [6.45, 7) is 5.32. The molecule has 0 radical (unpaired) electrons. The summed E-state index contributed by atoms with van der Waals surface area (Å²) in [6, 6.07) is 8.22. The lowest BCUT2D eigenvalue weighted by atomic mass is 10.2. The lowest BCUT2D eigenvalue weighted by molar-refractivity contribution is 0.138. The molecule has 0 aliphatic carbocycles. The second kappa shape index (κ2) is 6.53. The van der Waals surface area contributed by atoms with Crippen molar-refractivity contribution in [2.45, 2.75) is 6.54 Å². The van der Waals surface area contributed by atoms with Crippen LogP contribution in [0.25, 0.3) is 0 Å². The third kappa shape index (κ3) is 3.69. The van der Waals surface area contributed by atoms with E-state index in [1.165, 1.54) is 0 Å². The van der Waals surface area contributed by atoms with Gasteiger partial charge >= 0.3 is 0 Å². The predicted molar refractivity (Wildman–Crippen MR) is 76.5 cm³/mol. The van der Waals surface area contributed by atoms with Crippen molar-refractivity contribution in [2.75, 3.05) is 32.7 Å². The number of hydrogen-bond acceptors (Lipinski definition) is 3. The normalized spacial score (nSPS) is 17.6. The highest BCUT2D eigenvalue weighted by molar-refractivity contribution is 9.10. The summed E-state index contributed by atoms with van der Waals surface area (Å²) < 4.78 is 1.01. The van der Waals surface area contributed by atoms with Gasteiger partial charge in [0, 0.05) is 42.2 Å². The fourth-order valence-corrected chi connectivity index (χ4v) is 2.83. The number of hydrogen-bond donors (Lipinski definition) is 0. The molecule has 0 aromatic heterocycles. The molecule has 0 saturated carbocycles. The maximum absolute atomic E-state index is 8.65.